The van der Waals surface area contributed by atoms with E-state index >= 15 is 0 Å². The summed E-state index contributed by atoms with van der Waals surface area (Å²) in [5.74, 6) is -5.64. The summed E-state index contributed by atoms with van der Waals surface area (Å²) in [6.45, 7) is 1.52. The van der Waals surface area contributed by atoms with Gasteiger partial charge < -0.3 is 14.7 Å². The predicted molar refractivity (Wildman–Crippen MR) is 163 cm³/mol. The average molecular weight is 629 g/mol. The van der Waals surface area contributed by atoms with Crippen LogP contribution in [0.3, 0.4) is 0 Å². The maximum Gasteiger partial charge on any atom is 0.301 e. The molecule has 1 aliphatic heterocycles. The van der Waals surface area contributed by atoms with E-state index in [1.807, 2.05) is 0 Å². The number of ketones is 2. The molecule has 3 aliphatic carbocycles. The number of amides is 2. The normalized spacial score (nSPS) is 23.8. The summed E-state index contributed by atoms with van der Waals surface area (Å²) in [6.07, 6.45) is 3.04. The molecule has 6 rings (SSSR count). The topological polar surface area (TPSA) is 190 Å². The van der Waals surface area contributed by atoms with Crippen LogP contribution in [-0.2, 0) is 19.2 Å². The number of phenols is 1. The lowest BCUT2D eigenvalue weighted by Crippen LogP contribution is -2.39. The molecule has 14 nitrogen and oxygen atoms in total. The van der Waals surface area contributed by atoms with Gasteiger partial charge >= 0.3 is 11.4 Å². The molecule has 2 amide bonds. The Morgan fingerprint density at radius 2 is 1.63 bits per heavy atom. The molecule has 0 aromatic heterocycles. The highest BCUT2D eigenvalue weighted by molar-refractivity contribution is 6.25. The van der Waals surface area contributed by atoms with E-state index in [0.29, 0.717) is 16.9 Å². The second-order valence-corrected chi connectivity index (χ2v) is 11.9. The van der Waals surface area contributed by atoms with Gasteiger partial charge in [0.05, 0.1) is 34.5 Å². The van der Waals surface area contributed by atoms with Crippen LogP contribution in [0.15, 0.2) is 64.8 Å². The Morgan fingerprint density at radius 1 is 0.978 bits per heavy atom. The lowest BCUT2D eigenvalue weighted by Gasteiger charge is -2.42. The summed E-state index contributed by atoms with van der Waals surface area (Å²) in [4.78, 5) is 79.3. The van der Waals surface area contributed by atoms with Crippen LogP contribution in [0.2, 0.25) is 0 Å². The number of methoxy groups -OCH3 is 1. The van der Waals surface area contributed by atoms with Crippen molar-refractivity contribution >= 4 is 46.1 Å². The van der Waals surface area contributed by atoms with Crippen LogP contribution >= 0.6 is 0 Å². The zero-order chi connectivity index (χ0) is 33.4. The van der Waals surface area contributed by atoms with Crippen molar-refractivity contribution in [3.8, 4) is 11.5 Å². The largest absolute Gasteiger partial charge is 0.507 e. The Hall–Kier alpha value is -5.66. The molecule has 2 aromatic carbocycles. The summed E-state index contributed by atoms with van der Waals surface area (Å²) >= 11 is 0. The van der Waals surface area contributed by atoms with Crippen molar-refractivity contribution in [3.05, 3.63) is 90.6 Å². The monoisotopic (exact) mass is 628 g/mol. The van der Waals surface area contributed by atoms with Gasteiger partial charge in [0.1, 0.15) is 11.5 Å². The highest BCUT2D eigenvalue weighted by Crippen LogP contribution is 2.57. The fourth-order valence-corrected chi connectivity index (χ4v) is 7.34. The molecule has 46 heavy (non-hydrogen) atoms. The number of nitro groups is 2. The number of carbonyl (C=O) groups is 4. The van der Waals surface area contributed by atoms with Crippen molar-refractivity contribution < 1.29 is 38.9 Å². The first kappa shape index (κ1) is 30.4. The number of imide groups is 1. The number of carbonyl (C=O) groups excluding carboxylic acids is 4. The smallest absolute Gasteiger partial charge is 0.301 e. The number of phenolic OH excluding ortho intramolecular Hbond substituents is 1. The third-order valence-electron chi connectivity index (χ3n) is 9.26. The van der Waals surface area contributed by atoms with Crippen molar-refractivity contribution in [2.24, 2.45) is 17.8 Å². The highest BCUT2D eigenvalue weighted by atomic mass is 16.6. The number of anilines is 2. The van der Waals surface area contributed by atoms with Crippen molar-refractivity contribution in [2.75, 3.05) is 31.0 Å². The number of aromatic hydroxyl groups is 1. The van der Waals surface area contributed by atoms with Crippen LogP contribution in [0.25, 0.3) is 0 Å². The Kier molecular flexibility index (Phi) is 7.10. The minimum Gasteiger partial charge on any atom is -0.507 e. The van der Waals surface area contributed by atoms with Gasteiger partial charge in [-0.15, -0.1) is 0 Å². The number of allylic oxidation sites excluding steroid dienone is 6. The maximum absolute atomic E-state index is 14.2. The minimum absolute atomic E-state index is 0.0295. The Bertz CT molecular complexity index is 1870. The summed E-state index contributed by atoms with van der Waals surface area (Å²) in [7, 11) is 4.23. The number of rotatable bonds is 6. The zero-order valence-electron chi connectivity index (χ0n) is 25.2. The molecule has 236 valence electrons. The molecule has 4 atom stereocenters. The molecule has 0 unspecified atom stereocenters. The van der Waals surface area contributed by atoms with E-state index < -0.39 is 62.5 Å². The molecule has 0 bridgehead atoms. The summed E-state index contributed by atoms with van der Waals surface area (Å²) < 4.78 is 5.21. The van der Waals surface area contributed by atoms with E-state index in [4.69, 9.17) is 4.74 Å². The molecule has 2 aromatic rings. The molecule has 1 fully saturated rings. The van der Waals surface area contributed by atoms with Crippen molar-refractivity contribution in [1.82, 2.24) is 0 Å². The SMILES string of the molecule is COc1ccc([C@H]2C3=CC[C@@H]4C(=O)N(c5cc([N+](=O)[O-])c(N(C)C)c([N+](=O)[O-])c5)C(=O)[C@@H]4[C@@H]3CC3=C2C(=O)C=C(C)C3=O)c(O)c1. The molecule has 4 aliphatic rings. The van der Waals surface area contributed by atoms with Crippen LogP contribution in [0.5, 0.6) is 11.5 Å². The number of nitrogens with zero attached hydrogens (tertiary/aromatic N) is 4. The Morgan fingerprint density at radius 3 is 2.20 bits per heavy atom. The minimum atomic E-state index is -1.04. The van der Waals surface area contributed by atoms with E-state index in [1.54, 1.807) is 18.2 Å². The number of Topliss-reactive ketones (excluding diaryl/α,β-unsaturated/α-hetero) is 1. The summed E-state index contributed by atoms with van der Waals surface area (Å²) in [5.41, 5.74) is -0.413. The van der Waals surface area contributed by atoms with Gasteiger partial charge in [0.15, 0.2) is 17.3 Å². The molecule has 1 N–H and O–H groups in total. The second-order valence-electron chi connectivity index (χ2n) is 11.9. The fraction of sp³-hybridized carbons (Fsp3) is 0.312. The summed E-state index contributed by atoms with van der Waals surface area (Å²) in [5, 5.41) is 35.0. The highest BCUT2D eigenvalue weighted by Gasteiger charge is 2.57. The first-order valence-corrected chi connectivity index (χ1v) is 14.4. The zero-order valence-corrected chi connectivity index (χ0v) is 25.2. The first-order chi connectivity index (χ1) is 21.8. The molecule has 0 radical (unpaired) electrons. The number of nitro benzene ring substituents is 2. The summed E-state index contributed by atoms with van der Waals surface area (Å²) in [6, 6.07) is 6.51. The van der Waals surface area contributed by atoms with Gasteiger partial charge in [-0.1, -0.05) is 17.7 Å². The number of hydrogen-bond donors (Lipinski definition) is 1. The Balaban J connectivity index is 1.49. The maximum atomic E-state index is 14.2. The van der Waals surface area contributed by atoms with Crippen LogP contribution in [0.1, 0.15) is 31.2 Å². The number of ether oxygens (including phenoxy) is 1. The molecular formula is C32H28N4O10. The van der Waals surface area contributed by atoms with Gasteiger partial charge in [-0.05, 0) is 37.8 Å². The van der Waals surface area contributed by atoms with Gasteiger partial charge in [0.25, 0.3) is 0 Å². The standard InChI is InChI=1S/C32H28N4O10/c1-14-9-25(38)28-21(30(14)39)13-20-17(26(28)18-6-5-16(46-4)12-24(18)37)7-8-19-27(20)32(41)34(31(19)40)15-10-22(35(42)43)29(33(2)3)23(11-15)36(44)45/h5-7,9-12,19-20,26-27,37H,8,13H2,1-4H3/t19-,20+,26+,27-/m0/s1. The predicted octanol–water partition coefficient (Wildman–Crippen LogP) is 3.92. The molecule has 0 spiro atoms. The van der Waals surface area contributed by atoms with Gasteiger partial charge in [0.2, 0.25) is 11.8 Å². The third kappa shape index (κ3) is 4.39. The van der Waals surface area contributed by atoms with Crippen molar-refractivity contribution in [3.63, 3.8) is 0 Å². The van der Waals surface area contributed by atoms with Gasteiger partial charge in [-0.2, -0.15) is 0 Å². The van der Waals surface area contributed by atoms with Crippen molar-refractivity contribution in [1.29, 1.82) is 0 Å². The fourth-order valence-electron chi connectivity index (χ4n) is 7.34. The van der Waals surface area contributed by atoms with E-state index in [9.17, 15) is 44.5 Å². The number of hydrogen-bond acceptors (Lipinski definition) is 11. The van der Waals surface area contributed by atoms with E-state index in [-0.39, 0.29) is 52.5 Å². The second kappa shape index (κ2) is 10.8. The molecule has 14 heteroatoms. The molecule has 1 heterocycles. The molecule has 1 saturated heterocycles. The lowest BCUT2D eigenvalue weighted by atomic mass is 9.59. The molecule has 0 saturated carbocycles. The molecular weight excluding hydrogens is 600 g/mol. The van der Waals surface area contributed by atoms with Crippen LogP contribution < -0.4 is 14.5 Å². The van der Waals surface area contributed by atoms with E-state index in [0.717, 1.165) is 17.0 Å². The number of fused-ring (bicyclic) bond motifs is 3. The number of benzene rings is 2. The van der Waals surface area contributed by atoms with Crippen LogP contribution in [0.4, 0.5) is 22.7 Å². The van der Waals surface area contributed by atoms with Crippen LogP contribution in [0, 0.1) is 38.0 Å². The quantitative estimate of drug-likeness (QED) is 0.160. The Labute approximate surface area is 261 Å². The van der Waals surface area contributed by atoms with Gasteiger partial charge in [0, 0.05) is 60.5 Å². The van der Waals surface area contributed by atoms with E-state index in [2.05, 4.69) is 0 Å². The van der Waals surface area contributed by atoms with Gasteiger partial charge in [-0.3, -0.25) is 39.4 Å². The van der Waals surface area contributed by atoms with Gasteiger partial charge in [-0.25, -0.2) is 4.90 Å². The van der Waals surface area contributed by atoms with E-state index in [1.165, 1.54) is 45.2 Å². The average Bonchev–Trinajstić information content (AvgIpc) is 3.27. The first-order valence-electron chi connectivity index (χ1n) is 14.4. The third-order valence-corrected chi connectivity index (χ3v) is 9.26. The lowest BCUT2D eigenvalue weighted by molar-refractivity contribution is -0.392. The van der Waals surface area contributed by atoms with Crippen LogP contribution in [-0.4, -0.2) is 59.5 Å². The van der Waals surface area contributed by atoms with Crippen molar-refractivity contribution in [2.45, 2.75) is 25.7 Å².